The van der Waals surface area contributed by atoms with Gasteiger partial charge in [-0.15, -0.1) is 0 Å². The lowest BCUT2D eigenvalue weighted by atomic mass is 10.2. The summed E-state index contributed by atoms with van der Waals surface area (Å²) in [5, 5.41) is 12.5. The fourth-order valence-electron chi connectivity index (χ4n) is 1.84. The van der Waals surface area contributed by atoms with E-state index in [-0.39, 0.29) is 12.5 Å². The van der Waals surface area contributed by atoms with Crippen LogP contribution in [-0.2, 0) is 4.79 Å². The molecule has 0 heterocycles. The molecule has 2 aromatic rings. The molecular formula is C18H17N3O3. The van der Waals surface area contributed by atoms with Crippen LogP contribution in [0.15, 0.2) is 59.7 Å². The first-order chi connectivity index (χ1) is 11.7. The summed E-state index contributed by atoms with van der Waals surface area (Å²) >= 11 is 0. The highest BCUT2D eigenvalue weighted by Crippen LogP contribution is 2.15. The number of para-hydroxylation sites is 2. The van der Waals surface area contributed by atoms with Gasteiger partial charge in [0.05, 0.1) is 6.21 Å². The van der Waals surface area contributed by atoms with Crippen LogP contribution in [0.1, 0.15) is 12.5 Å². The van der Waals surface area contributed by atoms with Crippen LogP contribution in [0.3, 0.4) is 0 Å². The number of hydrogen-bond acceptors (Lipinski definition) is 5. The first kappa shape index (κ1) is 17.0. The molecular weight excluding hydrogens is 306 g/mol. The first-order valence-corrected chi connectivity index (χ1v) is 7.34. The fourth-order valence-corrected chi connectivity index (χ4v) is 1.84. The number of carbonyl (C=O) groups is 1. The molecule has 24 heavy (non-hydrogen) atoms. The zero-order chi connectivity index (χ0) is 17.2. The van der Waals surface area contributed by atoms with Crippen molar-refractivity contribution in [3.63, 3.8) is 0 Å². The Labute approximate surface area is 140 Å². The third kappa shape index (κ3) is 5.14. The maximum Gasteiger partial charge on any atom is 0.280 e. The molecule has 0 aromatic heterocycles. The Balaban J connectivity index is 1.91. The number of nitrogens with one attached hydrogen (secondary N) is 1. The summed E-state index contributed by atoms with van der Waals surface area (Å²) in [6, 6.07) is 18.1. The highest BCUT2D eigenvalue weighted by Gasteiger charge is 2.13. The van der Waals surface area contributed by atoms with Gasteiger partial charge in [0.25, 0.3) is 5.91 Å². The zero-order valence-electron chi connectivity index (χ0n) is 13.2. The van der Waals surface area contributed by atoms with Gasteiger partial charge in [-0.05, 0) is 31.2 Å². The molecule has 6 heteroatoms. The second-order valence-corrected chi connectivity index (χ2v) is 4.79. The number of hydrazone groups is 1. The number of ether oxygens (including phenoxy) is 2. The van der Waals surface area contributed by atoms with E-state index in [0.29, 0.717) is 17.1 Å². The molecule has 0 fully saturated rings. The second-order valence-electron chi connectivity index (χ2n) is 4.79. The number of carbonyl (C=O) groups excluding carboxylic acids is 1. The van der Waals surface area contributed by atoms with E-state index in [9.17, 15) is 4.79 Å². The Morgan fingerprint density at radius 2 is 1.96 bits per heavy atom. The lowest BCUT2D eigenvalue weighted by molar-refractivity contribution is -0.127. The van der Waals surface area contributed by atoms with Crippen molar-refractivity contribution in [1.82, 2.24) is 5.43 Å². The molecule has 0 radical (unpaired) electrons. The Kier molecular flexibility index (Phi) is 6.35. The standard InChI is InChI=1S/C18H17N3O3/c1-14(24-16-8-3-2-4-9-16)18(22)21-20-13-15-7-5-6-10-17(15)23-12-11-19/h2-10,13-14H,12H2,1H3,(H,21,22)/b20-13+/t14-/m0/s1. The van der Waals surface area contributed by atoms with Crippen molar-refractivity contribution in [3.8, 4) is 17.6 Å². The largest absolute Gasteiger partial charge is 0.481 e. The van der Waals surface area contributed by atoms with Crippen LogP contribution in [0, 0.1) is 11.3 Å². The SMILES string of the molecule is C[C@H](Oc1ccccc1)C(=O)N/N=C/c1ccccc1OCC#N. The molecule has 0 saturated carbocycles. The second kappa shape index (κ2) is 8.96. The molecule has 6 nitrogen and oxygen atoms in total. The topological polar surface area (TPSA) is 83.7 Å². The van der Waals surface area contributed by atoms with Crippen molar-refractivity contribution < 1.29 is 14.3 Å². The lowest BCUT2D eigenvalue weighted by Crippen LogP contribution is -2.33. The van der Waals surface area contributed by atoms with E-state index < -0.39 is 6.10 Å². The predicted molar refractivity (Wildman–Crippen MR) is 89.8 cm³/mol. The minimum Gasteiger partial charge on any atom is -0.481 e. The molecule has 0 bridgehead atoms. The minimum atomic E-state index is -0.686. The third-order valence-electron chi connectivity index (χ3n) is 3.01. The highest BCUT2D eigenvalue weighted by molar-refractivity contribution is 5.86. The normalized spacial score (nSPS) is 11.5. The van der Waals surface area contributed by atoms with E-state index in [0.717, 1.165) is 0 Å². The van der Waals surface area contributed by atoms with Gasteiger partial charge in [-0.2, -0.15) is 10.4 Å². The van der Waals surface area contributed by atoms with Crippen LogP contribution in [0.4, 0.5) is 0 Å². The van der Waals surface area contributed by atoms with Crippen molar-refractivity contribution in [2.24, 2.45) is 5.10 Å². The van der Waals surface area contributed by atoms with Crippen LogP contribution in [0.2, 0.25) is 0 Å². The molecule has 0 aliphatic heterocycles. The minimum absolute atomic E-state index is 0.0564. The van der Waals surface area contributed by atoms with Crippen molar-refractivity contribution in [1.29, 1.82) is 5.26 Å². The highest BCUT2D eigenvalue weighted by atomic mass is 16.5. The number of nitriles is 1. The van der Waals surface area contributed by atoms with Crippen LogP contribution in [0.5, 0.6) is 11.5 Å². The summed E-state index contributed by atoms with van der Waals surface area (Å²) in [4.78, 5) is 12.0. The number of amides is 1. The van der Waals surface area contributed by atoms with Crippen LogP contribution >= 0.6 is 0 Å². The van der Waals surface area contributed by atoms with Crippen LogP contribution in [0.25, 0.3) is 0 Å². The van der Waals surface area contributed by atoms with Crippen molar-refractivity contribution in [2.45, 2.75) is 13.0 Å². The van der Waals surface area contributed by atoms with E-state index in [1.165, 1.54) is 6.21 Å². The number of nitrogens with zero attached hydrogens (tertiary/aromatic N) is 2. The number of benzene rings is 2. The molecule has 2 rings (SSSR count). The molecule has 122 valence electrons. The summed E-state index contributed by atoms with van der Waals surface area (Å²) in [6.45, 7) is 1.58. The summed E-state index contributed by atoms with van der Waals surface area (Å²) < 4.78 is 10.8. The Morgan fingerprint density at radius 1 is 1.25 bits per heavy atom. The molecule has 1 N–H and O–H groups in total. The Hall–Kier alpha value is -3.33. The molecule has 0 spiro atoms. The zero-order valence-corrected chi connectivity index (χ0v) is 13.2. The molecule has 1 amide bonds. The average molecular weight is 323 g/mol. The summed E-state index contributed by atoms with van der Waals surface area (Å²) in [5.74, 6) is 0.760. The van der Waals surface area contributed by atoms with Gasteiger partial charge in [0, 0.05) is 5.56 Å². The molecule has 0 aliphatic carbocycles. The van der Waals surface area contributed by atoms with Gasteiger partial charge in [0.1, 0.15) is 17.6 Å². The van der Waals surface area contributed by atoms with Gasteiger partial charge in [-0.25, -0.2) is 5.43 Å². The van der Waals surface area contributed by atoms with E-state index in [2.05, 4.69) is 10.5 Å². The summed E-state index contributed by atoms with van der Waals surface area (Å²) in [5.41, 5.74) is 3.08. The van der Waals surface area contributed by atoms with Crippen LogP contribution in [-0.4, -0.2) is 24.8 Å². The van der Waals surface area contributed by atoms with Gasteiger partial charge in [0.15, 0.2) is 12.7 Å². The van der Waals surface area contributed by atoms with Crippen molar-refractivity contribution in [2.75, 3.05) is 6.61 Å². The fraction of sp³-hybridized carbons (Fsp3) is 0.167. The van der Waals surface area contributed by atoms with Crippen molar-refractivity contribution >= 4 is 12.1 Å². The van der Waals surface area contributed by atoms with Gasteiger partial charge >= 0.3 is 0 Å². The molecule has 0 unspecified atom stereocenters. The third-order valence-corrected chi connectivity index (χ3v) is 3.01. The Morgan fingerprint density at radius 3 is 2.71 bits per heavy atom. The number of rotatable bonds is 7. The van der Waals surface area contributed by atoms with E-state index in [1.807, 2.05) is 30.3 Å². The van der Waals surface area contributed by atoms with E-state index in [4.69, 9.17) is 14.7 Å². The summed E-state index contributed by atoms with van der Waals surface area (Å²) in [7, 11) is 0. The first-order valence-electron chi connectivity index (χ1n) is 7.34. The smallest absolute Gasteiger partial charge is 0.280 e. The van der Waals surface area contributed by atoms with Gasteiger partial charge in [0.2, 0.25) is 0 Å². The molecule has 0 saturated heterocycles. The predicted octanol–water partition coefficient (Wildman–Crippen LogP) is 2.51. The van der Waals surface area contributed by atoms with Gasteiger partial charge < -0.3 is 9.47 Å². The summed E-state index contributed by atoms with van der Waals surface area (Å²) in [6.07, 6.45) is 0.773. The van der Waals surface area contributed by atoms with Crippen molar-refractivity contribution in [3.05, 3.63) is 60.2 Å². The molecule has 1 atom stereocenters. The maximum atomic E-state index is 12.0. The van der Waals surface area contributed by atoms with Gasteiger partial charge in [-0.1, -0.05) is 30.3 Å². The monoisotopic (exact) mass is 323 g/mol. The number of hydrogen-bond donors (Lipinski definition) is 1. The van der Waals surface area contributed by atoms with E-state index in [1.54, 1.807) is 37.3 Å². The Bertz CT molecular complexity index is 739. The van der Waals surface area contributed by atoms with Gasteiger partial charge in [-0.3, -0.25) is 4.79 Å². The van der Waals surface area contributed by atoms with Crippen LogP contribution < -0.4 is 14.9 Å². The molecule has 2 aromatic carbocycles. The average Bonchev–Trinajstić information content (AvgIpc) is 2.61. The maximum absolute atomic E-state index is 12.0. The van der Waals surface area contributed by atoms with E-state index >= 15 is 0 Å². The molecule has 0 aliphatic rings. The lowest BCUT2D eigenvalue weighted by Gasteiger charge is -2.12. The quantitative estimate of drug-likeness (QED) is 0.627.